The number of amides is 2. The van der Waals surface area contributed by atoms with E-state index in [1.807, 2.05) is 0 Å². The number of unbranched alkanes of at least 4 members (excludes halogenated alkanes) is 32. The van der Waals surface area contributed by atoms with E-state index in [1.165, 1.54) is 129 Å². The van der Waals surface area contributed by atoms with Gasteiger partial charge in [0.15, 0.2) is 12.6 Å². The first-order chi connectivity index (χ1) is 44.2. The van der Waals surface area contributed by atoms with Crippen molar-refractivity contribution in [1.82, 2.24) is 10.6 Å². The van der Waals surface area contributed by atoms with Crippen molar-refractivity contribution >= 4 is 31.9 Å². The average Bonchev–Trinajstić information content (AvgIpc) is 0.833. The number of carboxylic acid groups (broad SMARTS) is 1. The molecule has 11 atom stereocenters. The Kier molecular flexibility index (Phi) is 52.8. The van der Waals surface area contributed by atoms with Crippen molar-refractivity contribution in [2.45, 2.75) is 365 Å². The number of Topliss-reactive ketones (excluding diaryl/α,β-unsaturated/α-hetero) is 1. The fourth-order valence-corrected chi connectivity index (χ4v) is 12.7. The van der Waals surface area contributed by atoms with E-state index >= 15 is 0 Å². The van der Waals surface area contributed by atoms with E-state index in [-0.39, 0.29) is 44.5 Å². The number of ether oxygens (including phenoxy) is 8. The Balaban J connectivity index is 2.35. The molecule has 91 heavy (non-hydrogen) atoms. The lowest BCUT2D eigenvalue weighted by Crippen LogP contribution is -2.67. The Morgan fingerprint density at radius 3 is 1.54 bits per heavy atom. The summed E-state index contributed by atoms with van der Waals surface area (Å²) in [7, 11) is -3.84. The second kappa shape index (κ2) is 56.7. The molecule has 0 bridgehead atoms. The van der Waals surface area contributed by atoms with Gasteiger partial charge >= 0.3 is 13.8 Å². The smallest absolute Gasteiger partial charge is 0.470 e. The molecule has 0 spiro atoms. The lowest BCUT2D eigenvalue weighted by Gasteiger charge is -2.47. The van der Waals surface area contributed by atoms with Crippen molar-refractivity contribution in [3.8, 4) is 0 Å². The number of hydrogen-bond donors (Lipinski definition) is 6. The first-order valence-corrected chi connectivity index (χ1v) is 37.9. The molecule has 6 N–H and O–H groups in total. The number of carboxylic acids is 1. The van der Waals surface area contributed by atoms with Gasteiger partial charge in [-0.1, -0.05) is 232 Å². The van der Waals surface area contributed by atoms with Gasteiger partial charge in [0.05, 0.1) is 19.3 Å². The first-order valence-electron chi connectivity index (χ1n) is 36.4. The minimum atomic E-state index is -5.22. The highest BCUT2D eigenvalue weighted by molar-refractivity contribution is 7.46. The van der Waals surface area contributed by atoms with Gasteiger partial charge < -0.3 is 68.5 Å². The standard InChI is InChI=1S/C70H131N2O18P/c1-6-10-14-18-22-26-28-29-32-35-39-43-50-83-58(46-42-38-34-30-24-20-16-12-8-3)49-52-85-68-63(71-56-73)69(89-60(53-82-5)66(68)90-91(79,80)81)86-54-59-65(78)67(84-51-44-40-36-31-27-23-19-15-11-7-2)64(70(88-59)87-55-62(76)77)72-61(75)48-47-57(74)45-41-37-33-25-21-17-13-9-4/h26,28,56,58-60,63-70,78H,6-25,27,29-55H2,1-5H3,(H,71,73)(H,72,75)(H,76,77)(H2,79,80,81)/b28-26-/t58?,59-,60-,63?,64-,65-,66?,67-,68-,69-,70+/m1/s1. The largest absolute Gasteiger partial charge is 0.480 e. The normalized spacial score (nSPS) is 22.4. The quantitative estimate of drug-likeness (QED) is 0.0143. The molecule has 2 rings (SSSR count). The Labute approximate surface area is 550 Å². The van der Waals surface area contributed by atoms with Gasteiger partial charge in [0, 0.05) is 46.2 Å². The maximum atomic E-state index is 13.7. The number of nitrogens with one attached hydrogen (secondary N) is 2. The molecule has 2 aliphatic heterocycles. The predicted molar refractivity (Wildman–Crippen MR) is 357 cm³/mol. The zero-order valence-electron chi connectivity index (χ0n) is 57.5. The van der Waals surface area contributed by atoms with Crippen LogP contribution in [0.4, 0.5) is 0 Å². The molecule has 0 saturated carbocycles. The second-order valence-electron chi connectivity index (χ2n) is 25.6. The molecule has 0 radical (unpaired) electrons. The average molecular weight is 1320 g/mol. The minimum Gasteiger partial charge on any atom is -0.480 e. The number of aliphatic carboxylic acids is 1. The molecular formula is C70H131N2O18P. The van der Waals surface area contributed by atoms with Crippen molar-refractivity contribution in [2.75, 3.05) is 46.8 Å². The van der Waals surface area contributed by atoms with Crippen LogP contribution >= 0.6 is 7.82 Å². The van der Waals surface area contributed by atoms with Crippen molar-refractivity contribution in [2.24, 2.45) is 0 Å². The van der Waals surface area contributed by atoms with Gasteiger partial charge in [0.2, 0.25) is 12.3 Å². The summed E-state index contributed by atoms with van der Waals surface area (Å²) in [6, 6.07) is -2.48. The number of aliphatic hydroxyl groups excluding tert-OH is 1. The van der Waals surface area contributed by atoms with Crippen LogP contribution < -0.4 is 10.6 Å². The maximum absolute atomic E-state index is 13.7. The zero-order valence-corrected chi connectivity index (χ0v) is 58.4. The van der Waals surface area contributed by atoms with Crippen molar-refractivity contribution in [3.05, 3.63) is 12.2 Å². The van der Waals surface area contributed by atoms with Crippen LogP contribution in [0.3, 0.4) is 0 Å². The summed E-state index contributed by atoms with van der Waals surface area (Å²) in [5.41, 5.74) is 0. The van der Waals surface area contributed by atoms with E-state index in [9.17, 15) is 43.7 Å². The second-order valence-corrected chi connectivity index (χ2v) is 26.8. The van der Waals surface area contributed by atoms with Gasteiger partial charge in [0.1, 0.15) is 61.1 Å². The van der Waals surface area contributed by atoms with Crippen molar-refractivity contribution in [1.29, 1.82) is 0 Å². The van der Waals surface area contributed by atoms with Crippen LogP contribution in [0.15, 0.2) is 12.2 Å². The summed E-state index contributed by atoms with van der Waals surface area (Å²) in [5, 5.41) is 27.6. The van der Waals surface area contributed by atoms with Gasteiger partial charge in [0.25, 0.3) is 0 Å². The van der Waals surface area contributed by atoms with E-state index in [0.29, 0.717) is 32.3 Å². The van der Waals surface area contributed by atoms with Gasteiger partial charge in [-0.25, -0.2) is 9.36 Å². The van der Waals surface area contributed by atoms with Gasteiger partial charge in [-0.15, -0.1) is 0 Å². The Hall–Kier alpha value is -2.43. The number of ketones is 1. The SMILES string of the molecule is CCCCCC/C=C\CCCCCCOC(CCCCCCCCCCC)CCO[C@@H]1C(NC=O)[C@H](OC[C@H]2O[C@H](OCC(=O)O)[C@H](NC(=O)CCC(=O)CCCCCCCCCC)[C@@H](OCCCCCCCCCCCC)[C@@H]2O)O[C@H](COC)C1OP(=O)(O)O. The highest BCUT2D eigenvalue weighted by Gasteiger charge is 2.52. The molecule has 2 amide bonds. The van der Waals surface area contributed by atoms with Gasteiger partial charge in [-0.3, -0.25) is 18.9 Å². The summed E-state index contributed by atoms with van der Waals surface area (Å²) in [6.07, 6.45) is 36.8. The number of rotatable bonds is 64. The van der Waals surface area contributed by atoms with E-state index in [1.54, 1.807) is 0 Å². The maximum Gasteiger partial charge on any atom is 0.470 e. The predicted octanol–water partition coefficient (Wildman–Crippen LogP) is 14.4. The number of methoxy groups -OCH3 is 1. The van der Waals surface area contributed by atoms with E-state index in [2.05, 4.69) is 50.5 Å². The summed E-state index contributed by atoms with van der Waals surface area (Å²) >= 11 is 0. The number of carbonyl (C=O) groups is 4. The Bertz CT molecular complexity index is 1850. The minimum absolute atomic E-state index is 0.00239. The number of phosphoric ester groups is 1. The molecule has 2 saturated heterocycles. The third-order valence-electron chi connectivity index (χ3n) is 17.4. The van der Waals surface area contributed by atoms with Crippen LogP contribution in [-0.2, 0) is 66.2 Å². The lowest BCUT2D eigenvalue weighted by molar-refractivity contribution is -0.307. The zero-order chi connectivity index (χ0) is 66.4. The molecule has 0 aromatic heterocycles. The van der Waals surface area contributed by atoms with Gasteiger partial charge in [-0.2, -0.15) is 0 Å². The van der Waals surface area contributed by atoms with E-state index < -0.39 is 94.2 Å². The molecule has 3 unspecified atom stereocenters. The van der Waals surface area contributed by atoms with Crippen LogP contribution in [0.5, 0.6) is 0 Å². The third kappa shape index (κ3) is 42.7. The number of hydrogen-bond acceptors (Lipinski definition) is 15. The fraction of sp³-hybridized carbons (Fsp3) is 0.914. The third-order valence-corrected chi connectivity index (χ3v) is 17.9. The summed E-state index contributed by atoms with van der Waals surface area (Å²) in [6.45, 7) is 8.09. The molecule has 2 aliphatic rings. The number of aliphatic hydroxyl groups is 1. The first kappa shape index (κ1) is 84.7. The highest BCUT2D eigenvalue weighted by Crippen LogP contribution is 2.42. The number of carbonyl (C=O) groups excluding carboxylic acids is 3. The molecule has 0 aromatic carbocycles. The topological polar surface area (TPSA) is 273 Å². The highest BCUT2D eigenvalue weighted by atomic mass is 31.2. The van der Waals surface area contributed by atoms with E-state index in [4.69, 9.17) is 42.4 Å². The van der Waals surface area contributed by atoms with Crippen LogP contribution in [-0.4, -0.2) is 158 Å². The molecule has 2 heterocycles. The number of phosphoric acid groups is 1. The molecule has 534 valence electrons. The Morgan fingerprint density at radius 1 is 0.516 bits per heavy atom. The van der Waals surface area contributed by atoms with Crippen LogP contribution in [0, 0.1) is 0 Å². The van der Waals surface area contributed by atoms with Crippen molar-refractivity contribution in [3.63, 3.8) is 0 Å². The van der Waals surface area contributed by atoms with Gasteiger partial charge in [-0.05, 0) is 57.8 Å². The molecular weight excluding hydrogens is 1190 g/mol. The molecule has 21 heteroatoms. The van der Waals surface area contributed by atoms with Crippen LogP contribution in [0.1, 0.15) is 297 Å². The monoisotopic (exact) mass is 1320 g/mol. The summed E-state index contributed by atoms with van der Waals surface area (Å²) < 4.78 is 67.9. The summed E-state index contributed by atoms with van der Waals surface area (Å²) in [4.78, 5) is 71.8. The molecule has 2 fully saturated rings. The fourth-order valence-electron chi connectivity index (χ4n) is 12.1. The lowest BCUT2D eigenvalue weighted by atomic mass is 9.95. The number of allylic oxidation sites excluding steroid dienone is 2. The molecule has 20 nitrogen and oxygen atoms in total. The van der Waals surface area contributed by atoms with E-state index in [0.717, 1.165) is 116 Å². The summed E-state index contributed by atoms with van der Waals surface area (Å²) in [5.74, 6) is -1.89. The molecule has 0 aromatic rings. The molecule has 0 aliphatic carbocycles. The Morgan fingerprint density at radius 2 is 1.00 bits per heavy atom. The van der Waals surface area contributed by atoms with Crippen molar-refractivity contribution < 1.29 is 86.2 Å². The van der Waals surface area contributed by atoms with Crippen LogP contribution in [0.25, 0.3) is 0 Å². The van der Waals surface area contributed by atoms with Crippen LogP contribution in [0.2, 0.25) is 0 Å².